The summed E-state index contributed by atoms with van der Waals surface area (Å²) < 4.78 is 2.81. The van der Waals surface area contributed by atoms with Crippen molar-refractivity contribution in [2.45, 2.75) is 39.0 Å². The van der Waals surface area contributed by atoms with Gasteiger partial charge in [-0.05, 0) is 63.7 Å². The van der Waals surface area contributed by atoms with Gasteiger partial charge in [0.05, 0.1) is 0 Å². The van der Waals surface area contributed by atoms with Crippen LogP contribution in [0.25, 0.3) is 20.2 Å². The molecule has 0 aliphatic rings. The SMILES string of the molecule is CC(C)c1csc2ccc(CC(C)c3cc4ccccc4s3)cc12. The summed E-state index contributed by atoms with van der Waals surface area (Å²) in [5.74, 6) is 1.15. The second kappa shape index (κ2) is 6.34. The molecule has 0 N–H and O–H groups in total. The van der Waals surface area contributed by atoms with Crippen LogP contribution >= 0.6 is 22.7 Å². The fourth-order valence-corrected chi connectivity index (χ4v) is 5.59. The Morgan fingerprint density at radius 3 is 2.54 bits per heavy atom. The molecule has 1 unspecified atom stereocenters. The van der Waals surface area contributed by atoms with Gasteiger partial charge in [-0.3, -0.25) is 0 Å². The molecule has 0 amide bonds. The summed E-state index contributed by atoms with van der Waals surface area (Å²) in [6.45, 7) is 6.92. The molecular weight excluding hydrogens is 328 g/mol. The van der Waals surface area contributed by atoms with E-state index in [4.69, 9.17) is 0 Å². The maximum Gasteiger partial charge on any atom is 0.0345 e. The molecule has 0 bridgehead atoms. The number of hydrogen-bond donors (Lipinski definition) is 0. The molecule has 2 heterocycles. The van der Waals surface area contributed by atoms with Gasteiger partial charge in [0.1, 0.15) is 0 Å². The Balaban J connectivity index is 1.64. The smallest absolute Gasteiger partial charge is 0.0345 e. The van der Waals surface area contributed by atoms with Crippen LogP contribution in [0.3, 0.4) is 0 Å². The summed E-state index contributed by atoms with van der Waals surface area (Å²) in [7, 11) is 0. The Kier molecular flexibility index (Phi) is 4.19. The van der Waals surface area contributed by atoms with Crippen LogP contribution in [-0.4, -0.2) is 0 Å². The van der Waals surface area contributed by atoms with E-state index in [1.54, 1.807) is 0 Å². The van der Waals surface area contributed by atoms with Crippen LogP contribution in [0, 0.1) is 0 Å². The summed E-state index contributed by atoms with van der Waals surface area (Å²) in [5.41, 5.74) is 2.94. The van der Waals surface area contributed by atoms with E-state index in [1.165, 1.54) is 36.2 Å². The highest BCUT2D eigenvalue weighted by atomic mass is 32.1. The predicted molar refractivity (Wildman–Crippen MR) is 110 cm³/mol. The highest BCUT2D eigenvalue weighted by molar-refractivity contribution is 7.19. The molecule has 4 rings (SSSR count). The van der Waals surface area contributed by atoms with Gasteiger partial charge in [0, 0.05) is 14.3 Å². The van der Waals surface area contributed by atoms with Crippen molar-refractivity contribution in [2.75, 3.05) is 0 Å². The molecule has 122 valence electrons. The lowest BCUT2D eigenvalue weighted by Crippen LogP contribution is -1.96. The van der Waals surface area contributed by atoms with E-state index < -0.39 is 0 Å². The highest BCUT2D eigenvalue weighted by Gasteiger charge is 2.13. The van der Waals surface area contributed by atoms with Gasteiger partial charge >= 0.3 is 0 Å². The van der Waals surface area contributed by atoms with E-state index in [0.717, 1.165) is 6.42 Å². The molecule has 2 aromatic heterocycles. The fraction of sp³-hybridized carbons (Fsp3) is 0.273. The van der Waals surface area contributed by atoms with Crippen molar-refractivity contribution in [1.29, 1.82) is 0 Å². The maximum absolute atomic E-state index is 2.42. The molecule has 0 saturated carbocycles. The quantitative estimate of drug-likeness (QED) is 0.356. The standard InChI is InChI=1S/C22H22S2/c1-14(2)19-13-23-21-9-8-16(11-18(19)21)10-15(3)22-12-17-6-4-5-7-20(17)24-22/h4-9,11-15H,10H2,1-3H3. The van der Waals surface area contributed by atoms with Crippen LogP contribution < -0.4 is 0 Å². The molecule has 0 fully saturated rings. The summed E-state index contributed by atoms with van der Waals surface area (Å²) >= 11 is 3.81. The van der Waals surface area contributed by atoms with Crippen LogP contribution in [0.2, 0.25) is 0 Å². The van der Waals surface area contributed by atoms with Crippen LogP contribution in [0.4, 0.5) is 0 Å². The van der Waals surface area contributed by atoms with Crippen molar-refractivity contribution in [2.24, 2.45) is 0 Å². The van der Waals surface area contributed by atoms with Crippen LogP contribution in [0.1, 0.15) is 48.6 Å². The summed E-state index contributed by atoms with van der Waals surface area (Å²) in [5, 5.41) is 5.16. The Morgan fingerprint density at radius 2 is 1.75 bits per heavy atom. The first-order chi connectivity index (χ1) is 11.6. The average molecular weight is 351 g/mol. The molecule has 0 radical (unpaired) electrons. The van der Waals surface area contributed by atoms with Crippen molar-refractivity contribution >= 4 is 42.8 Å². The Bertz CT molecular complexity index is 954. The van der Waals surface area contributed by atoms with E-state index in [0.29, 0.717) is 11.8 Å². The largest absolute Gasteiger partial charge is 0.144 e. The highest BCUT2D eigenvalue weighted by Crippen LogP contribution is 2.35. The first kappa shape index (κ1) is 15.9. The minimum atomic E-state index is 0.556. The predicted octanol–water partition coefficient (Wildman–Crippen LogP) is 7.59. The zero-order valence-corrected chi connectivity index (χ0v) is 16.0. The first-order valence-corrected chi connectivity index (χ1v) is 10.3. The molecule has 1 atom stereocenters. The topological polar surface area (TPSA) is 0 Å². The normalized spacial score (nSPS) is 13.2. The number of benzene rings is 2. The number of hydrogen-bond acceptors (Lipinski definition) is 2. The average Bonchev–Trinajstić information content (AvgIpc) is 3.18. The van der Waals surface area contributed by atoms with E-state index in [1.807, 2.05) is 22.7 Å². The lowest BCUT2D eigenvalue weighted by molar-refractivity contribution is 0.776. The monoisotopic (exact) mass is 350 g/mol. The van der Waals surface area contributed by atoms with Gasteiger partial charge in [-0.1, -0.05) is 51.1 Å². The van der Waals surface area contributed by atoms with E-state index >= 15 is 0 Å². The van der Waals surface area contributed by atoms with Crippen molar-refractivity contribution in [3.8, 4) is 0 Å². The van der Waals surface area contributed by atoms with Gasteiger partial charge in [0.15, 0.2) is 0 Å². The summed E-state index contributed by atoms with van der Waals surface area (Å²) in [6.07, 6.45) is 1.11. The fourth-order valence-electron chi connectivity index (χ4n) is 3.37. The third-order valence-electron chi connectivity index (χ3n) is 4.76. The Hall–Kier alpha value is -1.64. The van der Waals surface area contributed by atoms with Gasteiger partial charge in [0.2, 0.25) is 0 Å². The molecule has 2 heteroatoms. The van der Waals surface area contributed by atoms with Crippen molar-refractivity contribution in [3.63, 3.8) is 0 Å². The van der Waals surface area contributed by atoms with E-state index in [9.17, 15) is 0 Å². The van der Waals surface area contributed by atoms with Gasteiger partial charge in [-0.15, -0.1) is 22.7 Å². The molecule has 2 aromatic carbocycles. The second-order valence-electron chi connectivity index (χ2n) is 6.97. The third kappa shape index (κ3) is 2.89. The van der Waals surface area contributed by atoms with Crippen LogP contribution in [0.15, 0.2) is 53.9 Å². The summed E-state index contributed by atoms with van der Waals surface area (Å²) in [4.78, 5) is 1.49. The van der Waals surface area contributed by atoms with Crippen molar-refractivity contribution in [1.82, 2.24) is 0 Å². The molecule has 0 aliphatic carbocycles. The van der Waals surface area contributed by atoms with Gasteiger partial charge in [-0.25, -0.2) is 0 Å². The number of fused-ring (bicyclic) bond motifs is 2. The zero-order chi connectivity index (χ0) is 16.7. The molecule has 24 heavy (non-hydrogen) atoms. The zero-order valence-electron chi connectivity index (χ0n) is 14.4. The Morgan fingerprint density at radius 1 is 0.917 bits per heavy atom. The van der Waals surface area contributed by atoms with Gasteiger partial charge < -0.3 is 0 Å². The number of thiophene rings is 2. The van der Waals surface area contributed by atoms with Crippen molar-refractivity contribution in [3.05, 3.63) is 69.9 Å². The lowest BCUT2D eigenvalue weighted by Gasteiger charge is -2.10. The Labute approximate surface area is 151 Å². The minimum Gasteiger partial charge on any atom is -0.144 e. The molecular formula is C22H22S2. The van der Waals surface area contributed by atoms with E-state index in [2.05, 4.69) is 74.7 Å². The number of rotatable bonds is 4. The van der Waals surface area contributed by atoms with Gasteiger partial charge in [-0.2, -0.15) is 0 Å². The molecule has 0 spiro atoms. The molecule has 0 saturated heterocycles. The minimum absolute atomic E-state index is 0.556. The molecule has 4 aromatic rings. The lowest BCUT2D eigenvalue weighted by atomic mass is 9.96. The van der Waals surface area contributed by atoms with Crippen LogP contribution in [-0.2, 0) is 6.42 Å². The van der Waals surface area contributed by atoms with Gasteiger partial charge in [0.25, 0.3) is 0 Å². The molecule has 0 aliphatic heterocycles. The third-order valence-corrected chi connectivity index (χ3v) is 7.09. The maximum atomic E-state index is 2.42. The first-order valence-electron chi connectivity index (χ1n) is 8.60. The van der Waals surface area contributed by atoms with E-state index in [-0.39, 0.29) is 0 Å². The summed E-state index contributed by atoms with van der Waals surface area (Å²) in [6, 6.07) is 18.1. The molecule has 0 nitrogen and oxygen atoms in total. The van der Waals surface area contributed by atoms with Crippen LogP contribution in [0.5, 0.6) is 0 Å². The van der Waals surface area contributed by atoms with Crippen molar-refractivity contribution < 1.29 is 0 Å². The second-order valence-corrected chi connectivity index (χ2v) is 8.99.